The van der Waals surface area contributed by atoms with E-state index in [0.29, 0.717) is 40.2 Å². The molecule has 0 aromatic heterocycles. The Kier molecular flexibility index (Phi) is 23.0. The molecule has 0 saturated heterocycles. The number of methoxy groups -OCH3 is 3. The first-order valence-electron chi connectivity index (χ1n) is 28.4. The van der Waals surface area contributed by atoms with Gasteiger partial charge >= 0.3 is 26.8 Å². The molecule has 7 aromatic carbocycles. The Balaban J connectivity index is 0.000000336. The second-order valence-corrected chi connectivity index (χ2v) is 36.0. The summed E-state index contributed by atoms with van der Waals surface area (Å²) >= 11 is 0. The van der Waals surface area contributed by atoms with Crippen molar-refractivity contribution in [3.63, 3.8) is 0 Å². The summed E-state index contributed by atoms with van der Waals surface area (Å²) in [4.78, 5) is 36.1. The minimum absolute atomic E-state index is 0.200. The van der Waals surface area contributed by atoms with Crippen LogP contribution < -0.4 is 37.9 Å². The van der Waals surface area contributed by atoms with Crippen LogP contribution in [-0.4, -0.2) is 64.8 Å². The zero-order valence-corrected chi connectivity index (χ0v) is 54.6. The quantitative estimate of drug-likeness (QED) is 0.0245. The number of carbonyl (C=O) groups is 3. The average Bonchev–Trinajstić information content (AvgIpc) is 3.46. The molecule has 7 rings (SSSR count). The summed E-state index contributed by atoms with van der Waals surface area (Å²) in [6.45, 7) is 25.4. The van der Waals surface area contributed by atoms with Crippen LogP contribution in [0.2, 0.25) is 51.4 Å². The number of rotatable bonds is 24. The van der Waals surface area contributed by atoms with Gasteiger partial charge in [-0.2, -0.15) is 0 Å². The lowest BCUT2D eigenvalue weighted by Gasteiger charge is -2.39. The summed E-state index contributed by atoms with van der Waals surface area (Å²) in [5.74, 6) is 3.51. The molecule has 0 radical (unpaired) electrons. The van der Waals surface area contributed by atoms with E-state index in [0.717, 1.165) is 71.3 Å². The molecule has 0 saturated carbocycles. The summed E-state index contributed by atoms with van der Waals surface area (Å²) in [7, 11) is -1.63. The van der Waals surface area contributed by atoms with Crippen LogP contribution in [0.1, 0.15) is 86.4 Å². The fraction of sp³-hybridized carbons (Fsp3) is 0.338. The molecule has 13 nitrogen and oxygen atoms in total. The number of aryl methyl sites for hydroxylation is 3. The molecule has 0 heterocycles. The van der Waals surface area contributed by atoms with Crippen LogP contribution in [-0.2, 0) is 36.7 Å². The lowest BCUT2D eigenvalue weighted by molar-refractivity contribution is -0.132. The third-order valence-corrected chi connectivity index (χ3v) is 26.0. The van der Waals surface area contributed by atoms with E-state index >= 15 is 0 Å². The third kappa shape index (κ3) is 19.8. The van der Waals surface area contributed by atoms with E-state index in [2.05, 4.69) is 91.2 Å². The van der Waals surface area contributed by atoms with Gasteiger partial charge in [0, 0.05) is 17.8 Å². The molecule has 0 aliphatic rings. The van der Waals surface area contributed by atoms with E-state index in [9.17, 15) is 14.4 Å². The Morgan fingerprint density at radius 1 is 0.405 bits per heavy atom. The second kappa shape index (κ2) is 29.4. The largest absolute Gasteiger partial charge is 0.519 e. The molecular formula is C68H84O13Si3. The number of hydrogen-bond acceptors (Lipinski definition) is 13. The normalized spacial score (nSPS) is 11.8. The zero-order chi connectivity index (χ0) is 61.3. The minimum atomic E-state index is -2.39. The topological polar surface area (TPSA) is 144 Å². The molecule has 7 aromatic rings. The first-order valence-corrected chi connectivity index (χ1v) is 37.4. The smallest absolute Gasteiger partial charge is 0.497 e. The van der Waals surface area contributed by atoms with Crippen molar-refractivity contribution in [1.29, 1.82) is 0 Å². The molecular weight excluding hydrogens is 1110 g/mol. The van der Waals surface area contributed by atoms with Crippen LogP contribution in [0.5, 0.6) is 46.0 Å². The summed E-state index contributed by atoms with van der Waals surface area (Å²) in [6.07, 6.45) is 2.06. The molecule has 0 bridgehead atoms. The van der Waals surface area contributed by atoms with E-state index in [-0.39, 0.29) is 16.8 Å². The Hall–Kier alpha value is -7.48. The highest BCUT2D eigenvalue weighted by molar-refractivity contribution is 6.87. The Labute approximate surface area is 501 Å². The van der Waals surface area contributed by atoms with Gasteiger partial charge in [-0.15, -0.1) is 0 Å². The molecule has 0 atom stereocenters. The Bertz CT molecular complexity index is 3250. The van der Waals surface area contributed by atoms with E-state index in [4.69, 9.17) is 46.1 Å². The van der Waals surface area contributed by atoms with Crippen molar-refractivity contribution in [2.24, 2.45) is 0 Å². The van der Waals surface area contributed by atoms with Gasteiger partial charge in [0.2, 0.25) is 0 Å². The minimum Gasteiger partial charge on any atom is -0.497 e. The summed E-state index contributed by atoms with van der Waals surface area (Å²) in [6, 6.07) is 53.8. The summed E-state index contributed by atoms with van der Waals surface area (Å²) < 4.78 is 56.8. The lowest BCUT2D eigenvalue weighted by Crippen LogP contribution is -2.52. The van der Waals surface area contributed by atoms with Crippen molar-refractivity contribution in [3.8, 4) is 46.0 Å². The van der Waals surface area contributed by atoms with Gasteiger partial charge in [0.05, 0.1) is 21.3 Å². The van der Waals surface area contributed by atoms with Gasteiger partial charge in [0.1, 0.15) is 23.0 Å². The molecule has 0 spiro atoms. The fourth-order valence-corrected chi connectivity index (χ4v) is 24.1. The van der Waals surface area contributed by atoms with Crippen LogP contribution in [0.4, 0.5) is 9.59 Å². The van der Waals surface area contributed by atoms with Gasteiger partial charge in [-0.25, -0.2) is 9.59 Å². The molecule has 0 aliphatic carbocycles. The summed E-state index contributed by atoms with van der Waals surface area (Å²) in [5, 5.41) is 0. The van der Waals surface area contributed by atoms with Gasteiger partial charge in [-0.05, 0) is 190 Å². The van der Waals surface area contributed by atoms with E-state index in [1.807, 2.05) is 97.9 Å². The molecule has 446 valence electrons. The van der Waals surface area contributed by atoms with Crippen LogP contribution in [0, 0.1) is 6.92 Å². The van der Waals surface area contributed by atoms with Crippen LogP contribution in [0.3, 0.4) is 0 Å². The first kappa shape index (κ1) is 65.7. The Morgan fingerprint density at radius 2 is 0.762 bits per heavy atom. The fourth-order valence-electron chi connectivity index (χ4n) is 10.1. The SMILES string of the molecule is COc1cc(CCC[Si](C)(C)O[Si](C)(C)O[Si](C)(C)CCCc2ccc(OC(=O)Oc3ccc(C(C)(C)c4ccccc4)cc3)c(OC)c2)ccc1OC(C)=O.COc1ccc(C(C)(C)c2ccc(OC(=O)Oc3ccc(C)cc3)cc2)cc1. The van der Waals surface area contributed by atoms with Gasteiger partial charge in [0.25, 0.3) is 0 Å². The highest BCUT2D eigenvalue weighted by atomic mass is 28.5. The number of carbonyl (C=O) groups excluding carboxylic acids is 3. The highest BCUT2D eigenvalue weighted by Gasteiger charge is 2.39. The van der Waals surface area contributed by atoms with Crippen LogP contribution in [0.25, 0.3) is 0 Å². The van der Waals surface area contributed by atoms with Crippen molar-refractivity contribution in [3.05, 3.63) is 203 Å². The molecule has 0 amide bonds. The maximum absolute atomic E-state index is 12.8. The Morgan fingerprint density at radius 3 is 1.14 bits per heavy atom. The predicted octanol–water partition coefficient (Wildman–Crippen LogP) is 17.2. The van der Waals surface area contributed by atoms with E-state index in [1.165, 1.54) is 18.1 Å². The van der Waals surface area contributed by atoms with Crippen molar-refractivity contribution >= 4 is 43.5 Å². The van der Waals surface area contributed by atoms with Crippen LogP contribution in [0.15, 0.2) is 164 Å². The number of hydrogen-bond donors (Lipinski definition) is 0. The van der Waals surface area contributed by atoms with Crippen molar-refractivity contribution in [2.45, 2.75) is 129 Å². The summed E-state index contributed by atoms with van der Waals surface area (Å²) in [5.41, 5.74) is 7.50. The molecule has 84 heavy (non-hydrogen) atoms. The van der Waals surface area contributed by atoms with Crippen molar-refractivity contribution < 1.29 is 60.5 Å². The highest BCUT2D eigenvalue weighted by Crippen LogP contribution is 2.36. The average molecular weight is 1190 g/mol. The molecule has 16 heteroatoms. The molecule has 0 aliphatic heterocycles. The predicted molar refractivity (Wildman–Crippen MR) is 339 cm³/mol. The van der Waals surface area contributed by atoms with Crippen molar-refractivity contribution in [2.75, 3.05) is 21.3 Å². The maximum atomic E-state index is 12.8. The number of ether oxygens (including phenoxy) is 8. The van der Waals surface area contributed by atoms with E-state index in [1.54, 1.807) is 69.9 Å². The monoisotopic (exact) mass is 1190 g/mol. The van der Waals surface area contributed by atoms with Gasteiger partial charge in [-0.1, -0.05) is 124 Å². The van der Waals surface area contributed by atoms with Crippen molar-refractivity contribution in [1.82, 2.24) is 0 Å². The number of benzene rings is 7. The zero-order valence-electron chi connectivity index (χ0n) is 51.6. The molecule has 0 N–H and O–H groups in total. The van der Waals surface area contributed by atoms with E-state index < -0.39 is 37.5 Å². The molecule has 0 unspecified atom stereocenters. The molecule has 0 fully saturated rings. The van der Waals surface area contributed by atoms with Gasteiger partial charge in [0.15, 0.2) is 39.6 Å². The van der Waals surface area contributed by atoms with Gasteiger partial charge in [-0.3, -0.25) is 4.79 Å². The van der Waals surface area contributed by atoms with Crippen LogP contribution >= 0.6 is 0 Å². The maximum Gasteiger partial charge on any atom is 0.519 e. The first-order chi connectivity index (χ1) is 39.7. The lowest BCUT2D eigenvalue weighted by atomic mass is 9.78. The second-order valence-electron chi connectivity index (χ2n) is 23.5. The van der Waals surface area contributed by atoms with Gasteiger partial charge < -0.3 is 46.1 Å². The number of esters is 1. The third-order valence-electron chi connectivity index (χ3n) is 14.5. The standard InChI is InChI=1S/C44H60O9Si3.C24H24O4/c1-33(45)49-39-27-21-34(31-41(39)47-4)17-15-29-54(6,7)52-56(10,11)53-55(8,9)30-16-18-35-22-28-40(42(32-35)48-5)51-43(46)50-38-25-23-37(24-26-38)44(2,3)36-19-13-12-14-20-36;1-17-5-11-21(12-6-17)27-23(25)28-22-15-9-19(10-16-22)24(2,3)18-7-13-20(26-4)14-8-18/h12-14,19-28,31-32H,15-18,29-30H2,1-11H3;5-16H,1-4H3.